The van der Waals surface area contributed by atoms with E-state index in [1.165, 1.54) is 6.26 Å². The number of fused-ring (bicyclic) bond motifs is 1. The summed E-state index contributed by atoms with van der Waals surface area (Å²) in [7, 11) is 0. The molecular weight excluding hydrogens is 386 g/mol. The van der Waals surface area contributed by atoms with Gasteiger partial charge in [0, 0.05) is 24.6 Å². The minimum absolute atomic E-state index is 0.102. The number of anilines is 1. The average molecular weight is 411 g/mol. The average Bonchev–Trinajstić information content (AvgIpc) is 3.13. The maximum atomic E-state index is 13.4. The van der Waals surface area contributed by atoms with Gasteiger partial charge in [0.2, 0.25) is 5.91 Å². The van der Waals surface area contributed by atoms with Crippen LogP contribution in [0.1, 0.15) is 64.7 Å². The Bertz CT molecular complexity index is 940. The van der Waals surface area contributed by atoms with Gasteiger partial charge in [-0.05, 0) is 43.2 Å². The van der Waals surface area contributed by atoms with Gasteiger partial charge in [-0.2, -0.15) is 0 Å². The highest BCUT2D eigenvalue weighted by Gasteiger charge is 2.30. The van der Waals surface area contributed by atoms with Gasteiger partial charge in [-0.1, -0.05) is 12.8 Å². The van der Waals surface area contributed by atoms with Crippen LogP contribution in [0.5, 0.6) is 0 Å². The van der Waals surface area contributed by atoms with Crippen molar-refractivity contribution in [2.24, 2.45) is 0 Å². The fourth-order valence-corrected chi connectivity index (χ4v) is 4.14. The molecule has 1 aromatic heterocycles. The number of carbonyl (C=O) groups excluding carboxylic acids is 3. The van der Waals surface area contributed by atoms with Crippen molar-refractivity contribution >= 4 is 23.4 Å². The van der Waals surface area contributed by atoms with Crippen LogP contribution in [0.4, 0.5) is 5.69 Å². The molecule has 3 amide bonds. The number of hydrogen-bond acceptors (Lipinski definition) is 5. The Morgan fingerprint density at radius 3 is 2.90 bits per heavy atom. The quantitative estimate of drug-likeness (QED) is 0.716. The van der Waals surface area contributed by atoms with E-state index < -0.39 is 6.10 Å². The molecule has 2 atom stereocenters. The monoisotopic (exact) mass is 411 g/mol. The van der Waals surface area contributed by atoms with Crippen molar-refractivity contribution in [3.8, 4) is 0 Å². The Morgan fingerprint density at radius 1 is 1.23 bits per heavy atom. The molecule has 30 heavy (non-hydrogen) atoms. The highest BCUT2D eigenvalue weighted by atomic mass is 16.4. The van der Waals surface area contributed by atoms with Crippen molar-refractivity contribution in [1.82, 2.24) is 10.2 Å². The standard InChI is InChI=1S/C22H25N3O5/c26-18(19-6-4-10-30-19)12-15-5-2-1-3-9-25(15)22(29)14-7-8-16-17(11-14)24-20(27)13-23-21(16)28/h4,6-8,10-11,15,18,26H,1-3,5,9,12-13H2,(H,23,28)(H,24,27). The van der Waals surface area contributed by atoms with E-state index >= 15 is 0 Å². The molecule has 1 aromatic carbocycles. The van der Waals surface area contributed by atoms with Gasteiger partial charge in [0.05, 0.1) is 24.1 Å². The van der Waals surface area contributed by atoms with Crippen LogP contribution in [0.15, 0.2) is 41.0 Å². The minimum Gasteiger partial charge on any atom is -0.467 e. The maximum absolute atomic E-state index is 13.4. The van der Waals surface area contributed by atoms with Crippen LogP contribution in [-0.4, -0.2) is 46.9 Å². The van der Waals surface area contributed by atoms with Gasteiger partial charge in [0.25, 0.3) is 11.8 Å². The lowest BCUT2D eigenvalue weighted by atomic mass is 10.00. The van der Waals surface area contributed by atoms with E-state index in [4.69, 9.17) is 4.42 Å². The van der Waals surface area contributed by atoms with Crippen molar-refractivity contribution in [2.45, 2.75) is 44.2 Å². The van der Waals surface area contributed by atoms with Gasteiger partial charge in [-0.3, -0.25) is 14.4 Å². The molecule has 0 saturated carbocycles. The smallest absolute Gasteiger partial charge is 0.254 e. The fourth-order valence-electron chi connectivity index (χ4n) is 4.14. The van der Waals surface area contributed by atoms with Crippen LogP contribution < -0.4 is 10.6 Å². The lowest BCUT2D eigenvalue weighted by Crippen LogP contribution is -2.41. The van der Waals surface area contributed by atoms with Crippen molar-refractivity contribution < 1.29 is 23.9 Å². The molecule has 1 fully saturated rings. The lowest BCUT2D eigenvalue weighted by molar-refractivity contribution is -0.115. The van der Waals surface area contributed by atoms with Gasteiger partial charge in [-0.15, -0.1) is 0 Å². The second kappa shape index (κ2) is 8.71. The van der Waals surface area contributed by atoms with E-state index in [1.54, 1.807) is 35.2 Å². The van der Waals surface area contributed by atoms with Crippen molar-refractivity contribution in [3.63, 3.8) is 0 Å². The Morgan fingerprint density at radius 2 is 2.10 bits per heavy atom. The predicted octanol–water partition coefficient (Wildman–Crippen LogP) is 2.47. The molecule has 0 radical (unpaired) electrons. The molecule has 4 rings (SSSR count). The molecule has 8 heteroatoms. The van der Waals surface area contributed by atoms with Crippen molar-refractivity contribution in [3.05, 3.63) is 53.5 Å². The number of amides is 3. The molecule has 2 unspecified atom stereocenters. The molecule has 2 aliphatic rings. The van der Waals surface area contributed by atoms with Crippen LogP contribution in [-0.2, 0) is 4.79 Å². The molecule has 158 valence electrons. The van der Waals surface area contributed by atoms with E-state index in [9.17, 15) is 19.5 Å². The minimum atomic E-state index is -0.784. The normalized spacial score (nSPS) is 20.4. The van der Waals surface area contributed by atoms with Gasteiger partial charge in [0.15, 0.2) is 0 Å². The van der Waals surface area contributed by atoms with E-state index in [1.807, 2.05) is 0 Å². The van der Waals surface area contributed by atoms with Crippen LogP contribution in [0.2, 0.25) is 0 Å². The second-order valence-electron chi connectivity index (χ2n) is 7.76. The first kappa shape index (κ1) is 20.2. The molecule has 8 nitrogen and oxygen atoms in total. The zero-order valence-corrected chi connectivity index (χ0v) is 16.6. The van der Waals surface area contributed by atoms with Crippen molar-refractivity contribution in [2.75, 3.05) is 18.4 Å². The summed E-state index contributed by atoms with van der Waals surface area (Å²) in [4.78, 5) is 39.2. The molecule has 0 spiro atoms. The Balaban J connectivity index is 1.58. The van der Waals surface area contributed by atoms with Gasteiger partial charge in [0.1, 0.15) is 11.9 Å². The summed E-state index contributed by atoms with van der Waals surface area (Å²) in [5.41, 5.74) is 1.07. The van der Waals surface area contributed by atoms with Gasteiger partial charge >= 0.3 is 0 Å². The van der Waals surface area contributed by atoms with Crippen LogP contribution in [0.25, 0.3) is 0 Å². The number of likely N-dealkylation sites (tertiary alicyclic amines) is 1. The first-order valence-corrected chi connectivity index (χ1v) is 10.3. The summed E-state index contributed by atoms with van der Waals surface area (Å²) >= 11 is 0. The van der Waals surface area contributed by atoms with Gasteiger partial charge < -0.3 is 25.1 Å². The van der Waals surface area contributed by atoms with E-state index in [2.05, 4.69) is 10.6 Å². The van der Waals surface area contributed by atoms with Crippen LogP contribution in [0, 0.1) is 0 Å². The highest BCUT2D eigenvalue weighted by Crippen LogP contribution is 2.29. The van der Waals surface area contributed by atoms with Crippen LogP contribution >= 0.6 is 0 Å². The molecule has 0 aliphatic carbocycles. The van der Waals surface area contributed by atoms with Crippen LogP contribution in [0.3, 0.4) is 0 Å². The molecule has 3 N–H and O–H groups in total. The number of benzene rings is 1. The fraction of sp³-hybridized carbons (Fsp3) is 0.409. The SMILES string of the molecule is O=C1CNC(=O)c2ccc(C(=O)N3CCCCCC3CC(O)c3ccco3)cc2N1. The largest absolute Gasteiger partial charge is 0.467 e. The summed E-state index contributed by atoms with van der Waals surface area (Å²) in [6.07, 6.45) is 4.83. The Kier molecular flexibility index (Phi) is 5.85. The third-order valence-electron chi connectivity index (χ3n) is 5.70. The topological polar surface area (TPSA) is 112 Å². The first-order chi connectivity index (χ1) is 14.5. The third-order valence-corrected chi connectivity index (χ3v) is 5.70. The zero-order chi connectivity index (χ0) is 21.1. The summed E-state index contributed by atoms with van der Waals surface area (Å²) in [6.45, 7) is 0.494. The Hall–Kier alpha value is -3.13. The molecule has 2 aromatic rings. The number of aliphatic hydroxyl groups is 1. The number of hydrogen-bond donors (Lipinski definition) is 3. The number of nitrogens with one attached hydrogen (secondary N) is 2. The number of aliphatic hydroxyl groups excluding tert-OH is 1. The molecule has 2 aliphatic heterocycles. The lowest BCUT2D eigenvalue weighted by Gasteiger charge is -2.31. The second-order valence-corrected chi connectivity index (χ2v) is 7.76. The number of furan rings is 1. The molecule has 3 heterocycles. The first-order valence-electron chi connectivity index (χ1n) is 10.3. The molecular formula is C22H25N3O5. The van der Waals surface area contributed by atoms with E-state index in [0.717, 1.165) is 25.7 Å². The summed E-state index contributed by atoms with van der Waals surface area (Å²) in [5.74, 6) is -0.363. The van der Waals surface area contributed by atoms with Crippen molar-refractivity contribution in [1.29, 1.82) is 0 Å². The highest BCUT2D eigenvalue weighted by molar-refractivity contribution is 6.10. The number of carbonyl (C=O) groups is 3. The predicted molar refractivity (Wildman–Crippen MR) is 109 cm³/mol. The zero-order valence-electron chi connectivity index (χ0n) is 16.6. The summed E-state index contributed by atoms with van der Waals surface area (Å²) in [6, 6.07) is 8.07. The molecule has 1 saturated heterocycles. The number of nitrogens with zero attached hydrogens (tertiary/aromatic N) is 1. The summed E-state index contributed by atoms with van der Waals surface area (Å²) in [5, 5.41) is 15.8. The molecule has 0 bridgehead atoms. The Labute approximate surface area is 174 Å². The van der Waals surface area contributed by atoms with E-state index in [-0.39, 0.29) is 30.3 Å². The maximum Gasteiger partial charge on any atom is 0.254 e. The summed E-state index contributed by atoms with van der Waals surface area (Å²) < 4.78 is 5.31. The number of rotatable bonds is 4. The van der Waals surface area contributed by atoms with E-state index in [0.29, 0.717) is 35.5 Å². The third kappa shape index (κ3) is 4.23. The van der Waals surface area contributed by atoms with Gasteiger partial charge in [-0.25, -0.2) is 0 Å².